The van der Waals surface area contributed by atoms with Gasteiger partial charge in [0.2, 0.25) is 5.91 Å². The van der Waals surface area contributed by atoms with Gasteiger partial charge >= 0.3 is 0 Å². The first kappa shape index (κ1) is 26.6. The summed E-state index contributed by atoms with van der Waals surface area (Å²) in [6, 6.07) is 19.1. The molecule has 3 aromatic rings. The SMILES string of the molecule is Cc1cccc(F)c1C(=O)N1CCCC(C(=O)Nc2cccc(C(C)(C)C)c2)C1c1ccc(CO)cc1. The maximum absolute atomic E-state index is 14.8. The summed E-state index contributed by atoms with van der Waals surface area (Å²) in [5, 5.41) is 12.6. The van der Waals surface area contributed by atoms with Gasteiger partial charge in [0.25, 0.3) is 5.91 Å². The molecule has 0 radical (unpaired) electrons. The fourth-order valence-electron chi connectivity index (χ4n) is 5.08. The Morgan fingerprint density at radius 2 is 1.76 bits per heavy atom. The number of carbonyl (C=O) groups excluding carboxylic acids is 2. The number of aliphatic hydroxyl groups is 1. The van der Waals surface area contributed by atoms with Gasteiger partial charge in [-0.2, -0.15) is 0 Å². The van der Waals surface area contributed by atoms with Crippen LogP contribution in [0.5, 0.6) is 0 Å². The first-order valence-electron chi connectivity index (χ1n) is 12.8. The van der Waals surface area contributed by atoms with Crippen LogP contribution in [0.3, 0.4) is 0 Å². The highest BCUT2D eigenvalue weighted by Gasteiger charge is 2.40. The molecule has 5 nitrogen and oxygen atoms in total. The summed E-state index contributed by atoms with van der Waals surface area (Å²) in [6.45, 7) is 8.40. The van der Waals surface area contributed by atoms with Crippen LogP contribution in [-0.4, -0.2) is 28.4 Å². The molecule has 0 saturated carbocycles. The number of halogens is 1. The third-order valence-corrected chi connectivity index (χ3v) is 7.16. The molecule has 0 aromatic heterocycles. The standard InChI is InChI=1S/C31H35FN2O3/c1-20-8-5-12-26(32)27(20)30(37)34-17-7-11-25(28(34)22-15-13-21(19-35)14-16-22)29(36)33-24-10-6-9-23(18-24)31(2,3)4/h5-6,8-10,12-16,18,25,28,35H,7,11,17,19H2,1-4H3,(H,33,36). The minimum absolute atomic E-state index is 0.0402. The lowest BCUT2D eigenvalue weighted by molar-refractivity contribution is -0.123. The topological polar surface area (TPSA) is 69.6 Å². The summed E-state index contributed by atoms with van der Waals surface area (Å²) >= 11 is 0. The van der Waals surface area contributed by atoms with Crippen LogP contribution in [-0.2, 0) is 16.8 Å². The van der Waals surface area contributed by atoms with Crippen molar-refractivity contribution in [3.8, 4) is 0 Å². The molecule has 4 rings (SSSR count). The van der Waals surface area contributed by atoms with Crippen molar-refractivity contribution in [2.75, 3.05) is 11.9 Å². The number of hydrogen-bond donors (Lipinski definition) is 2. The lowest BCUT2D eigenvalue weighted by Gasteiger charge is -2.41. The molecular weight excluding hydrogens is 467 g/mol. The number of rotatable bonds is 5. The van der Waals surface area contributed by atoms with Crippen LogP contribution < -0.4 is 5.32 Å². The molecule has 1 heterocycles. The number of nitrogens with zero attached hydrogens (tertiary/aromatic N) is 1. The van der Waals surface area contributed by atoms with Gasteiger partial charge in [0.05, 0.1) is 24.1 Å². The number of likely N-dealkylation sites (tertiary alicyclic amines) is 1. The van der Waals surface area contributed by atoms with E-state index >= 15 is 0 Å². The van der Waals surface area contributed by atoms with Crippen molar-refractivity contribution >= 4 is 17.5 Å². The molecule has 0 aliphatic carbocycles. The molecule has 2 atom stereocenters. The largest absolute Gasteiger partial charge is 0.392 e. The minimum atomic E-state index is -0.571. The first-order valence-corrected chi connectivity index (χ1v) is 12.8. The van der Waals surface area contributed by atoms with Gasteiger partial charge in [-0.25, -0.2) is 4.39 Å². The summed E-state index contributed by atoms with van der Waals surface area (Å²) < 4.78 is 14.8. The van der Waals surface area contributed by atoms with Crippen LogP contribution >= 0.6 is 0 Å². The van der Waals surface area contributed by atoms with Gasteiger partial charge in [0.1, 0.15) is 5.82 Å². The number of carbonyl (C=O) groups is 2. The van der Waals surface area contributed by atoms with Crippen LogP contribution in [0, 0.1) is 18.7 Å². The average molecular weight is 503 g/mol. The number of amides is 2. The van der Waals surface area contributed by atoms with E-state index < -0.39 is 23.7 Å². The van der Waals surface area contributed by atoms with Gasteiger partial charge in [-0.3, -0.25) is 9.59 Å². The van der Waals surface area contributed by atoms with E-state index in [-0.39, 0.29) is 23.5 Å². The Morgan fingerprint density at radius 3 is 2.41 bits per heavy atom. The summed E-state index contributed by atoms with van der Waals surface area (Å²) in [5.74, 6) is -1.68. The highest BCUT2D eigenvalue weighted by Crippen LogP contribution is 2.39. The van der Waals surface area contributed by atoms with Crippen LogP contribution in [0.15, 0.2) is 66.7 Å². The molecule has 6 heteroatoms. The number of aliphatic hydroxyl groups excluding tert-OH is 1. The summed E-state index contributed by atoms with van der Waals surface area (Å²) in [4.78, 5) is 29.1. The van der Waals surface area contributed by atoms with Crippen LogP contribution in [0.4, 0.5) is 10.1 Å². The molecule has 3 aromatic carbocycles. The highest BCUT2D eigenvalue weighted by atomic mass is 19.1. The van der Waals surface area contributed by atoms with Crippen molar-refractivity contribution in [1.82, 2.24) is 4.90 Å². The molecule has 2 unspecified atom stereocenters. The average Bonchev–Trinajstić information content (AvgIpc) is 2.87. The second-order valence-electron chi connectivity index (χ2n) is 10.8. The molecule has 1 fully saturated rings. The normalized spacial score (nSPS) is 17.9. The third kappa shape index (κ3) is 5.75. The van der Waals surface area contributed by atoms with Crippen LogP contribution in [0.25, 0.3) is 0 Å². The fourth-order valence-corrected chi connectivity index (χ4v) is 5.08. The van der Waals surface area contributed by atoms with Gasteiger partial charge in [-0.1, -0.05) is 69.3 Å². The van der Waals surface area contributed by atoms with E-state index in [9.17, 15) is 19.1 Å². The van der Waals surface area contributed by atoms with E-state index in [0.717, 1.165) is 16.7 Å². The number of anilines is 1. The van der Waals surface area contributed by atoms with E-state index in [0.29, 0.717) is 30.6 Å². The van der Waals surface area contributed by atoms with E-state index in [1.54, 1.807) is 36.1 Å². The van der Waals surface area contributed by atoms with Crippen molar-refractivity contribution in [1.29, 1.82) is 0 Å². The van der Waals surface area contributed by atoms with Crippen LogP contribution in [0.2, 0.25) is 0 Å². The molecule has 2 amide bonds. The highest BCUT2D eigenvalue weighted by molar-refractivity contribution is 5.98. The predicted octanol–water partition coefficient (Wildman–Crippen LogP) is 6.16. The lowest BCUT2D eigenvalue weighted by atomic mass is 9.83. The molecule has 1 saturated heterocycles. The molecular formula is C31H35FN2O3. The fraction of sp³-hybridized carbons (Fsp3) is 0.355. The Labute approximate surface area is 218 Å². The van der Waals surface area contributed by atoms with Gasteiger partial charge in [0, 0.05) is 12.2 Å². The molecule has 194 valence electrons. The first-order chi connectivity index (χ1) is 17.6. The lowest BCUT2D eigenvalue weighted by Crippen LogP contribution is -2.46. The van der Waals surface area contributed by atoms with Gasteiger partial charge in [0.15, 0.2) is 0 Å². The Bertz CT molecular complexity index is 1260. The molecule has 2 N–H and O–H groups in total. The second kappa shape index (κ2) is 10.9. The van der Waals surface area contributed by atoms with Gasteiger partial charge < -0.3 is 15.3 Å². The van der Waals surface area contributed by atoms with Crippen molar-refractivity contribution in [3.05, 3.63) is 100 Å². The maximum atomic E-state index is 14.8. The van der Waals surface area contributed by atoms with Crippen molar-refractivity contribution in [2.45, 2.75) is 58.6 Å². The smallest absolute Gasteiger partial charge is 0.257 e. The molecule has 0 spiro atoms. The molecule has 0 bridgehead atoms. The number of benzene rings is 3. The Kier molecular flexibility index (Phi) is 7.79. The van der Waals surface area contributed by atoms with E-state index in [2.05, 4.69) is 26.1 Å². The second-order valence-corrected chi connectivity index (χ2v) is 10.8. The number of hydrogen-bond acceptors (Lipinski definition) is 3. The maximum Gasteiger partial charge on any atom is 0.257 e. The Balaban J connectivity index is 1.71. The summed E-state index contributed by atoms with van der Waals surface area (Å²) in [5.41, 5.74) is 3.87. The minimum Gasteiger partial charge on any atom is -0.392 e. The van der Waals surface area contributed by atoms with Gasteiger partial charge in [-0.15, -0.1) is 0 Å². The van der Waals surface area contributed by atoms with E-state index in [1.807, 2.05) is 36.4 Å². The zero-order chi connectivity index (χ0) is 26.7. The van der Waals surface area contributed by atoms with Crippen LogP contribution in [0.1, 0.15) is 72.3 Å². The van der Waals surface area contributed by atoms with Crippen molar-refractivity contribution in [3.63, 3.8) is 0 Å². The molecule has 1 aliphatic heterocycles. The molecule has 37 heavy (non-hydrogen) atoms. The van der Waals surface area contributed by atoms with Gasteiger partial charge in [-0.05, 0) is 65.6 Å². The van der Waals surface area contributed by atoms with E-state index in [1.165, 1.54) is 6.07 Å². The zero-order valence-electron chi connectivity index (χ0n) is 21.9. The summed E-state index contributed by atoms with van der Waals surface area (Å²) in [7, 11) is 0. The number of nitrogens with one attached hydrogen (secondary N) is 1. The zero-order valence-corrected chi connectivity index (χ0v) is 21.9. The predicted molar refractivity (Wildman–Crippen MR) is 144 cm³/mol. The monoisotopic (exact) mass is 502 g/mol. The Morgan fingerprint density at radius 1 is 1.05 bits per heavy atom. The van der Waals surface area contributed by atoms with Crippen molar-refractivity contribution < 1.29 is 19.1 Å². The quantitative estimate of drug-likeness (QED) is 0.439. The third-order valence-electron chi connectivity index (χ3n) is 7.16. The van der Waals surface area contributed by atoms with E-state index in [4.69, 9.17) is 0 Å². The number of piperidine rings is 1. The Hall–Kier alpha value is -3.51. The summed E-state index contributed by atoms with van der Waals surface area (Å²) in [6.07, 6.45) is 1.22. The number of aryl methyl sites for hydroxylation is 1. The van der Waals surface area contributed by atoms with Crippen molar-refractivity contribution in [2.24, 2.45) is 5.92 Å². The molecule has 1 aliphatic rings.